The molecule has 1 aliphatic rings. The van der Waals surface area contributed by atoms with Crippen LogP contribution in [-0.4, -0.2) is 42.2 Å². The number of hydrogen-bond acceptors (Lipinski definition) is 3. The Hall–Kier alpha value is -2.22. The fourth-order valence-corrected chi connectivity index (χ4v) is 1.88. The lowest BCUT2D eigenvalue weighted by Gasteiger charge is -2.34. The Balaban J connectivity index is 2.29. The van der Waals surface area contributed by atoms with Crippen LogP contribution in [0.5, 0.6) is 5.75 Å². The number of rotatable bonds is 1. The van der Waals surface area contributed by atoms with E-state index in [1.165, 1.54) is 4.90 Å². The van der Waals surface area contributed by atoms with Gasteiger partial charge in [-0.25, -0.2) is 4.79 Å². The van der Waals surface area contributed by atoms with E-state index < -0.39 is 0 Å². The maximum Gasteiger partial charge on any atom is 0.325 e. The molecule has 2 amide bonds. The Morgan fingerprint density at radius 1 is 1.78 bits per heavy atom. The van der Waals surface area contributed by atoms with E-state index in [0.29, 0.717) is 18.0 Å². The van der Waals surface area contributed by atoms with Crippen LogP contribution >= 0.6 is 0 Å². The van der Waals surface area contributed by atoms with E-state index in [0.717, 1.165) is 0 Å². The highest BCUT2D eigenvalue weighted by molar-refractivity contribution is 5.93. The molecule has 1 aliphatic heterocycles. The lowest BCUT2D eigenvalue weighted by molar-refractivity contribution is 0.193. The van der Waals surface area contributed by atoms with Crippen LogP contribution in [0.1, 0.15) is 6.92 Å². The number of fused-ring (bicyclic) bond motifs is 1. The van der Waals surface area contributed by atoms with Crippen LogP contribution in [0.3, 0.4) is 0 Å². The van der Waals surface area contributed by atoms with Gasteiger partial charge in [-0.15, -0.1) is 6.42 Å². The number of ether oxygens (including phenoxy) is 1. The monoisotopic (exact) mass is 245 g/mol. The molecule has 0 fully saturated rings. The van der Waals surface area contributed by atoms with Gasteiger partial charge in [-0.2, -0.15) is 0 Å². The van der Waals surface area contributed by atoms with Gasteiger partial charge in [0.15, 0.2) is 0 Å². The van der Waals surface area contributed by atoms with Gasteiger partial charge in [-0.1, -0.05) is 5.92 Å². The number of anilines is 1. The third kappa shape index (κ3) is 2.23. The second kappa shape index (κ2) is 4.96. The van der Waals surface area contributed by atoms with Gasteiger partial charge < -0.3 is 9.64 Å². The third-order valence-electron chi connectivity index (χ3n) is 2.71. The van der Waals surface area contributed by atoms with Gasteiger partial charge in [0, 0.05) is 19.3 Å². The predicted molar refractivity (Wildman–Crippen MR) is 68.5 cm³/mol. The molecule has 0 aromatic carbocycles. The molecular formula is C13H15N3O2. The van der Waals surface area contributed by atoms with Crippen molar-refractivity contribution < 1.29 is 9.53 Å². The molecule has 0 radical (unpaired) electrons. The molecule has 5 nitrogen and oxygen atoms in total. The summed E-state index contributed by atoms with van der Waals surface area (Å²) in [5.41, 5.74) is 0.685. The summed E-state index contributed by atoms with van der Waals surface area (Å²) in [7, 11) is 1.68. The molecular weight excluding hydrogens is 230 g/mol. The summed E-state index contributed by atoms with van der Waals surface area (Å²) >= 11 is 0. The second-order valence-corrected chi connectivity index (χ2v) is 4.23. The minimum absolute atomic E-state index is 0.0527. The minimum atomic E-state index is -0.141. The smallest absolute Gasteiger partial charge is 0.325 e. The van der Waals surface area contributed by atoms with Crippen molar-refractivity contribution in [3.63, 3.8) is 0 Å². The topological polar surface area (TPSA) is 45.7 Å². The van der Waals surface area contributed by atoms with E-state index in [2.05, 4.69) is 10.9 Å². The average molecular weight is 245 g/mol. The molecule has 0 bridgehead atoms. The van der Waals surface area contributed by atoms with E-state index in [-0.39, 0.29) is 18.7 Å². The third-order valence-corrected chi connectivity index (χ3v) is 2.71. The van der Waals surface area contributed by atoms with Crippen LogP contribution in [0.2, 0.25) is 0 Å². The van der Waals surface area contributed by atoms with Gasteiger partial charge >= 0.3 is 6.03 Å². The second-order valence-electron chi connectivity index (χ2n) is 4.23. The standard InChI is InChI=1S/C13H15N3O2/c1-4-7-15(3)13(17)16-9-10(2)18-12-5-6-14-8-11(12)16/h1,5-6,8,10H,7,9H2,2-3H3. The summed E-state index contributed by atoms with van der Waals surface area (Å²) in [5, 5.41) is 0. The summed E-state index contributed by atoms with van der Waals surface area (Å²) < 4.78 is 5.66. The first-order valence-electron chi connectivity index (χ1n) is 5.70. The van der Waals surface area contributed by atoms with E-state index in [1.54, 1.807) is 30.4 Å². The lowest BCUT2D eigenvalue weighted by Crippen LogP contribution is -2.48. The maximum absolute atomic E-state index is 12.3. The quantitative estimate of drug-likeness (QED) is 0.702. The van der Waals surface area contributed by atoms with Gasteiger partial charge in [0.05, 0.1) is 19.3 Å². The summed E-state index contributed by atoms with van der Waals surface area (Å²) in [6, 6.07) is 1.62. The summed E-state index contributed by atoms with van der Waals surface area (Å²) in [6.07, 6.45) is 8.44. The average Bonchev–Trinajstić information content (AvgIpc) is 2.37. The van der Waals surface area contributed by atoms with Gasteiger partial charge in [0.2, 0.25) is 0 Å². The molecule has 1 unspecified atom stereocenters. The van der Waals surface area contributed by atoms with Gasteiger partial charge in [-0.05, 0) is 6.92 Å². The molecule has 1 aromatic heterocycles. The SMILES string of the molecule is C#CCN(C)C(=O)N1CC(C)Oc2ccncc21. The fraction of sp³-hybridized carbons (Fsp3) is 0.385. The molecule has 0 N–H and O–H groups in total. The molecule has 18 heavy (non-hydrogen) atoms. The normalized spacial score (nSPS) is 17.4. The number of pyridine rings is 1. The van der Waals surface area contributed by atoms with Gasteiger partial charge in [-0.3, -0.25) is 9.88 Å². The number of nitrogens with zero attached hydrogens (tertiary/aromatic N) is 3. The zero-order valence-electron chi connectivity index (χ0n) is 10.5. The Morgan fingerprint density at radius 2 is 2.56 bits per heavy atom. The van der Waals surface area contributed by atoms with Crippen molar-refractivity contribution in [1.82, 2.24) is 9.88 Å². The molecule has 0 spiro atoms. The van der Waals surface area contributed by atoms with Crippen LogP contribution in [0.4, 0.5) is 10.5 Å². The van der Waals surface area contributed by atoms with Crippen molar-refractivity contribution >= 4 is 11.7 Å². The fourth-order valence-electron chi connectivity index (χ4n) is 1.88. The molecule has 1 atom stereocenters. The molecule has 5 heteroatoms. The first-order chi connectivity index (χ1) is 8.63. The van der Waals surface area contributed by atoms with Crippen LogP contribution in [0.25, 0.3) is 0 Å². The Labute approximate surface area is 106 Å². The highest BCUT2D eigenvalue weighted by Crippen LogP contribution is 2.32. The zero-order valence-corrected chi connectivity index (χ0v) is 10.5. The number of terminal acetylenes is 1. The van der Waals surface area contributed by atoms with Crippen molar-refractivity contribution in [3.05, 3.63) is 18.5 Å². The molecule has 0 saturated carbocycles. The number of amides is 2. The van der Waals surface area contributed by atoms with Gasteiger partial charge in [0.1, 0.15) is 17.5 Å². The Bertz CT molecular complexity index is 495. The summed E-state index contributed by atoms with van der Waals surface area (Å²) in [4.78, 5) is 19.4. The lowest BCUT2D eigenvalue weighted by atomic mass is 10.2. The van der Waals surface area contributed by atoms with Crippen molar-refractivity contribution in [2.75, 3.05) is 25.0 Å². The number of hydrogen-bond donors (Lipinski definition) is 0. The van der Waals surface area contributed by atoms with E-state index in [4.69, 9.17) is 11.2 Å². The van der Waals surface area contributed by atoms with Crippen LogP contribution in [-0.2, 0) is 0 Å². The predicted octanol–water partition coefficient (Wildman–Crippen LogP) is 1.35. The van der Waals surface area contributed by atoms with Crippen LogP contribution in [0, 0.1) is 12.3 Å². The van der Waals surface area contributed by atoms with E-state index >= 15 is 0 Å². The highest BCUT2D eigenvalue weighted by Gasteiger charge is 2.29. The molecule has 0 aliphatic carbocycles. The highest BCUT2D eigenvalue weighted by atomic mass is 16.5. The Kier molecular flexibility index (Phi) is 3.38. The molecule has 1 aromatic rings. The number of carbonyl (C=O) groups excluding carboxylic acids is 1. The molecule has 2 heterocycles. The molecule has 2 rings (SSSR count). The Morgan fingerprint density at radius 3 is 3.28 bits per heavy atom. The van der Waals surface area contributed by atoms with Crippen LogP contribution in [0.15, 0.2) is 18.5 Å². The zero-order chi connectivity index (χ0) is 13.1. The molecule has 0 saturated heterocycles. The summed E-state index contributed by atoms with van der Waals surface area (Å²) in [5.74, 6) is 3.13. The van der Waals surface area contributed by atoms with Crippen molar-refractivity contribution in [1.29, 1.82) is 0 Å². The van der Waals surface area contributed by atoms with Crippen molar-refractivity contribution in [2.45, 2.75) is 13.0 Å². The van der Waals surface area contributed by atoms with E-state index in [1.807, 2.05) is 6.92 Å². The maximum atomic E-state index is 12.3. The number of carbonyl (C=O) groups is 1. The minimum Gasteiger partial charge on any atom is -0.487 e. The molecule has 94 valence electrons. The van der Waals surface area contributed by atoms with Crippen molar-refractivity contribution in [2.24, 2.45) is 0 Å². The van der Waals surface area contributed by atoms with Crippen LogP contribution < -0.4 is 9.64 Å². The first kappa shape index (κ1) is 12.2. The number of aromatic nitrogens is 1. The summed E-state index contributed by atoms with van der Waals surface area (Å²) in [6.45, 7) is 2.69. The largest absolute Gasteiger partial charge is 0.487 e. The van der Waals surface area contributed by atoms with Crippen molar-refractivity contribution in [3.8, 4) is 18.1 Å². The van der Waals surface area contributed by atoms with Gasteiger partial charge in [0.25, 0.3) is 0 Å². The van der Waals surface area contributed by atoms with E-state index in [9.17, 15) is 4.79 Å². The number of urea groups is 1. The first-order valence-corrected chi connectivity index (χ1v) is 5.70.